The second kappa shape index (κ2) is 6.70. The number of anilines is 1. The molecule has 1 saturated heterocycles. The van der Waals surface area contributed by atoms with Crippen molar-refractivity contribution in [3.05, 3.63) is 33.9 Å². The number of rotatable bonds is 6. The predicted octanol–water partition coefficient (Wildman–Crippen LogP) is 3.40. The van der Waals surface area contributed by atoms with Gasteiger partial charge in [-0.2, -0.15) is 0 Å². The third-order valence-corrected chi connectivity index (χ3v) is 3.90. The summed E-state index contributed by atoms with van der Waals surface area (Å²) in [6, 6.07) is 6.03. The number of benzene rings is 1. The molecule has 1 aromatic rings. The number of hydrogen-bond acceptors (Lipinski definition) is 4. The second-order valence-electron chi connectivity index (χ2n) is 5.50. The van der Waals surface area contributed by atoms with Gasteiger partial charge < -0.3 is 5.32 Å². The normalized spacial score (nSPS) is 19.2. The highest BCUT2D eigenvalue weighted by molar-refractivity contribution is 5.62. The van der Waals surface area contributed by atoms with Crippen LogP contribution in [0.3, 0.4) is 0 Å². The van der Waals surface area contributed by atoms with E-state index < -0.39 is 0 Å². The van der Waals surface area contributed by atoms with E-state index in [0.717, 1.165) is 31.6 Å². The van der Waals surface area contributed by atoms with Crippen LogP contribution in [-0.4, -0.2) is 29.0 Å². The molecule has 5 heteroatoms. The summed E-state index contributed by atoms with van der Waals surface area (Å²) in [6.45, 7) is 7.05. The van der Waals surface area contributed by atoms with E-state index >= 15 is 0 Å². The molecule has 0 bridgehead atoms. The summed E-state index contributed by atoms with van der Waals surface area (Å²) in [5.41, 5.74) is 1.95. The van der Waals surface area contributed by atoms with Gasteiger partial charge in [-0.05, 0) is 44.4 Å². The molecule has 0 amide bonds. The maximum atomic E-state index is 11.0. The summed E-state index contributed by atoms with van der Waals surface area (Å²) in [4.78, 5) is 13.2. The zero-order valence-electron chi connectivity index (χ0n) is 12.3. The first-order chi connectivity index (χ1) is 9.61. The lowest BCUT2D eigenvalue weighted by atomic mass is 10.1. The Balaban J connectivity index is 2.15. The third kappa shape index (κ3) is 3.48. The quantitative estimate of drug-likeness (QED) is 0.639. The number of nitro groups is 1. The molecule has 0 aromatic heterocycles. The highest BCUT2D eigenvalue weighted by Crippen LogP contribution is 2.27. The van der Waals surface area contributed by atoms with Crippen LogP contribution in [0.4, 0.5) is 11.4 Å². The molecule has 0 radical (unpaired) electrons. The molecule has 1 fully saturated rings. The fourth-order valence-corrected chi connectivity index (χ4v) is 2.70. The molecule has 1 N–H and O–H groups in total. The van der Waals surface area contributed by atoms with E-state index in [1.54, 1.807) is 6.07 Å². The second-order valence-corrected chi connectivity index (χ2v) is 5.50. The van der Waals surface area contributed by atoms with Crippen LogP contribution in [0, 0.1) is 10.1 Å². The SMILES string of the molecule is CCCNc1cc(CN2CCCC2C)ccc1[N+](=O)[O-]. The average molecular weight is 277 g/mol. The van der Waals surface area contributed by atoms with Gasteiger partial charge in [-0.1, -0.05) is 13.0 Å². The molecule has 1 aliphatic rings. The Morgan fingerprint density at radius 3 is 2.90 bits per heavy atom. The van der Waals surface area contributed by atoms with Crippen LogP contribution in [0.2, 0.25) is 0 Å². The van der Waals surface area contributed by atoms with E-state index in [2.05, 4.69) is 24.1 Å². The van der Waals surface area contributed by atoms with Crippen molar-refractivity contribution in [1.82, 2.24) is 4.90 Å². The van der Waals surface area contributed by atoms with Crippen LogP contribution >= 0.6 is 0 Å². The minimum Gasteiger partial charge on any atom is -0.379 e. The standard InChI is InChI=1S/C15H23N3O2/c1-3-8-16-14-10-13(6-7-15(14)18(19)20)11-17-9-4-5-12(17)2/h6-7,10,12,16H,3-5,8-9,11H2,1-2H3. The largest absolute Gasteiger partial charge is 0.379 e. The van der Waals surface area contributed by atoms with Gasteiger partial charge in [-0.3, -0.25) is 15.0 Å². The van der Waals surface area contributed by atoms with Crippen LogP contribution in [0.5, 0.6) is 0 Å². The highest BCUT2D eigenvalue weighted by atomic mass is 16.6. The fraction of sp³-hybridized carbons (Fsp3) is 0.600. The van der Waals surface area contributed by atoms with Gasteiger partial charge in [0.05, 0.1) is 4.92 Å². The fourth-order valence-electron chi connectivity index (χ4n) is 2.70. The van der Waals surface area contributed by atoms with E-state index in [1.165, 1.54) is 12.8 Å². The van der Waals surface area contributed by atoms with Crippen molar-refractivity contribution < 1.29 is 4.92 Å². The molecule has 0 aliphatic carbocycles. The summed E-state index contributed by atoms with van der Waals surface area (Å²) in [5, 5.41) is 14.2. The first kappa shape index (κ1) is 14.8. The maximum absolute atomic E-state index is 11.0. The van der Waals surface area contributed by atoms with E-state index in [1.807, 2.05) is 12.1 Å². The van der Waals surface area contributed by atoms with E-state index in [0.29, 0.717) is 11.7 Å². The number of nitrogens with zero attached hydrogens (tertiary/aromatic N) is 2. The Hall–Kier alpha value is -1.62. The predicted molar refractivity (Wildman–Crippen MR) is 81.0 cm³/mol. The number of nitrogens with one attached hydrogen (secondary N) is 1. The van der Waals surface area contributed by atoms with Crippen molar-refractivity contribution in [2.45, 2.75) is 45.7 Å². The smallest absolute Gasteiger partial charge is 0.292 e. The molecule has 1 aliphatic heterocycles. The van der Waals surface area contributed by atoms with E-state index in [9.17, 15) is 10.1 Å². The van der Waals surface area contributed by atoms with Crippen LogP contribution in [0.1, 0.15) is 38.7 Å². The van der Waals surface area contributed by atoms with Crippen molar-refractivity contribution in [3.63, 3.8) is 0 Å². The van der Waals surface area contributed by atoms with Gasteiger partial charge in [0.1, 0.15) is 5.69 Å². The van der Waals surface area contributed by atoms with Gasteiger partial charge >= 0.3 is 0 Å². The van der Waals surface area contributed by atoms with E-state index in [4.69, 9.17) is 0 Å². The Morgan fingerprint density at radius 1 is 1.50 bits per heavy atom. The minimum absolute atomic E-state index is 0.164. The monoisotopic (exact) mass is 277 g/mol. The maximum Gasteiger partial charge on any atom is 0.292 e. The first-order valence-corrected chi connectivity index (χ1v) is 7.37. The van der Waals surface area contributed by atoms with Crippen LogP contribution in [-0.2, 0) is 6.54 Å². The van der Waals surface area contributed by atoms with Crippen molar-refractivity contribution in [1.29, 1.82) is 0 Å². The minimum atomic E-state index is -0.319. The lowest BCUT2D eigenvalue weighted by Crippen LogP contribution is -2.26. The van der Waals surface area contributed by atoms with Gasteiger partial charge in [-0.25, -0.2) is 0 Å². The zero-order valence-corrected chi connectivity index (χ0v) is 12.3. The lowest BCUT2D eigenvalue weighted by Gasteiger charge is -2.21. The molecule has 5 nitrogen and oxygen atoms in total. The van der Waals surface area contributed by atoms with Crippen LogP contribution < -0.4 is 5.32 Å². The lowest BCUT2D eigenvalue weighted by molar-refractivity contribution is -0.384. The molecule has 0 spiro atoms. The summed E-state index contributed by atoms with van der Waals surface area (Å²) in [5.74, 6) is 0. The molecule has 1 aromatic carbocycles. The molecule has 1 heterocycles. The summed E-state index contributed by atoms with van der Waals surface area (Å²) >= 11 is 0. The van der Waals surface area contributed by atoms with Gasteiger partial charge in [0.15, 0.2) is 0 Å². The topological polar surface area (TPSA) is 58.4 Å². The molecule has 1 atom stereocenters. The highest BCUT2D eigenvalue weighted by Gasteiger charge is 2.21. The number of nitro benzene ring substituents is 1. The van der Waals surface area contributed by atoms with Crippen molar-refractivity contribution in [3.8, 4) is 0 Å². The van der Waals surface area contributed by atoms with Crippen LogP contribution in [0.25, 0.3) is 0 Å². The molecular formula is C15H23N3O2. The van der Waals surface area contributed by atoms with Gasteiger partial charge in [-0.15, -0.1) is 0 Å². The molecular weight excluding hydrogens is 254 g/mol. The molecule has 20 heavy (non-hydrogen) atoms. The van der Waals surface area contributed by atoms with Gasteiger partial charge in [0.25, 0.3) is 5.69 Å². The number of likely N-dealkylation sites (tertiary alicyclic amines) is 1. The first-order valence-electron chi connectivity index (χ1n) is 7.37. The van der Waals surface area contributed by atoms with Crippen LogP contribution in [0.15, 0.2) is 18.2 Å². The summed E-state index contributed by atoms with van der Waals surface area (Å²) < 4.78 is 0. The zero-order chi connectivity index (χ0) is 14.5. The number of hydrogen-bond donors (Lipinski definition) is 1. The molecule has 110 valence electrons. The van der Waals surface area contributed by atoms with Gasteiger partial charge in [0, 0.05) is 25.2 Å². The van der Waals surface area contributed by atoms with Crippen molar-refractivity contribution in [2.75, 3.05) is 18.4 Å². The van der Waals surface area contributed by atoms with Gasteiger partial charge in [0.2, 0.25) is 0 Å². The summed E-state index contributed by atoms with van der Waals surface area (Å²) in [6.07, 6.45) is 3.44. The molecule has 1 unspecified atom stereocenters. The Bertz CT molecular complexity index is 476. The Kier molecular flexibility index (Phi) is 4.95. The van der Waals surface area contributed by atoms with E-state index in [-0.39, 0.29) is 10.6 Å². The Morgan fingerprint density at radius 2 is 2.30 bits per heavy atom. The third-order valence-electron chi connectivity index (χ3n) is 3.90. The average Bonchev–Trinajstić information content (AvgIpc) is 2.82. The molecule has 0 saturated carbocycles. The Labute approximate surface area is 120 Å². The van der Waals surface area contributed by atoms with Crippen molar-refractivity contribution in [2.24, 2.45) is 0 Å². The molecule has 2 rings (SSSR count). The summed E-state index contributed by atoms with van der Waals surface area (Å²) in [7, 11) is 0. The van der Waals surface area contributed by atoms with Crippen molar-refractivity contribution >= 4 is 11.4 Å².